The predicted octanol–water partition coefficient (Wildman–Crippen LogP) is 1.81. The molecule has 1 aliphatic carbocycles. The molecule has 3 heterocycles. The number of nitrogens with zero attached hydrogens (tertiary/aromatic N) is 3. The number of ether oxygens (including phenoxy) is 1. The van der Waals surface area contributed by atoms with Gasteiger partial charge in [0.25, 0.3) is 5.91 Å². The number of halogens is 1. The van der Waals surface area contributed by atoms with E-state index < -0.39 is 0 Å². The number of fused-ring (bicyclic) bond motifs is 1. The van der Waals surface area contributed by atoms with E-state index in [0.717, 1.165) is 36.9 Å². The summed E-state index contributed by atoms with van der Waals surface area (Å²) < 4.78 is 18.6. The van der Waals surface area contributed by atoms with Gasteiger partial charge < -0.3 is 15.0 Å². The van der Waals surface area contributed by atoms with Crippen LogP contribution in [0.3, 0.4) is 0 Å². The molecule has 1 atom stereocenters. The molecule has 1 amide bonds. The standard InChI is InChI=1S/C19H19FN4O2/c20-15-2-1-12-6-16(7-13(12)5-15)23-18-21-8-14(9-22-18)17(25)24-4-3-19(24)10-26-11-19/h1-2,5,8-9,16H,3-4,6-7,10-11H2,(H,21,22,23). The number of nitrogens with one attached hydrogen (secondary N) is 1. The molecular weight excluding hydrogens is 335 g/mol. The Morgan fingerprint density at radius 3 is 2.65 bits per heavy atom. The summed E-state index contributed by atoms with van der Waals surface area (Å²) in [7, 11) is 0. The first-order chi connectivity index (χ1) is 12.6. The average Bonchev–Trinajstić information content (AvgIpc) is 2.94. The summed E-state index contributed by atoms with van der Waals surface area (Å²) in [5, 5.41) is 3.28. The molecule has 0 bridgehead atoms. The van der Waals surface area contributed by atoms with Gasteiger partial charge in [0.1, 0.15) is 5.82 Å². The topological polar surface area (TPSA) is 67.4 Å². The van der Waals surface area contributed by atoms with Crippen molar-refractivity contribution in [2.24, 2.45) is 0 Å². The van der Waals surface area contributed by atoms with Crippen LogP contribution >= 0.6 is 0 Å². The van der Waals surface area contributed by atoms with Crippen LogP contribution in [0.4, 0.5) is 10.3 Å². The van der Waals surface area contributed by atoms with Gasteiger partial charge in [-0.1, -0.05) is 6.07 Å². The van der Waals surface area contributed by atoms with Crippen molar-refractivity contribution in [2.45, 2.75) is 30.8 Å². The van der Waals surface area contributed by atoms with E-state index in [1.54, 1.807) is 18.5 Å². The number of benzene rings is 1. The van der Waals surface area contributed by atoms with Crippen molar-refractivity contribution in [2.75, 3.05) is 25.1 Å². The van der Waals surface area contributed by atoms with Crippen molar-refractivity contribution in [3.8, 4) is 0 Å². The summed E-state index contributed by atoms with van der Waals surface area (Å²) in [6, 6.07) is 5.06. The second kappa shape index (κ2) is 5.74. The van der Waals surface area contributed by atoms with Crippen molar-refractivity contribution >= 4 is 11.9 Å². The van der Waals surface area contributed by atoms with E-state index in [1.165, 1.54) is 6.07 Å². The molecule has 0 saturated carbocycles. The van der Waals surface area contributed by atoms with Crippen LogP contribution in [0.2, 0.25) is 0 Å². The fourth-order valence-corrected chi connectivity index (χ4v) is 4.03. The van der Waals surface area contributed by atoms with Gasteiger partial charge in [0.05, 0.1) is 24.3 Å². The molecule has 2 fully saturated rings. The first-order valence-corrected chi connectivity index (χ1v) is 8.89. The Kier molecular flexibility index (Phi) is 3.46. The zero-order chi connectivity index (χ0) is 17.7. The van der Waals surface area contributed by atoms with Crippen molar-refractivity contribution in [1.82, 2.24) is 14.9 Å². The van der Waals surface area contributed by atoms with Crippen LogP contribution in [-0.2, 0) is 17.6 Å². The normalized spacial score (nSPS) is 22.5. The van der Waals surface area contributed by atoms with Crippen LogP contribution in [0.5, 0.6) is 0 Å². The smallest absolute Gasteiger partial charge is 0.257 e. The maximum Gasteiger partial charge on any atom is 0.257 e. The molecule has 1 unspecified atom stereocenters. The molecule has 1 aromatic carbocycles. The number of carbonyl (C=O) groups is 1. The van der Waals surface area contributed by atoms with Crippen LogP contribution in [-0.4, -0.2) is 52.1 Å². The Hall–Kier alpha value is -2.54. The van der Waals surface area contributed by atoms with Crippen LogP contribution in [0, 0.1) is 5.82 Å². The lowest BCUT2D eigenvalue weighted by molar-refractivity contribution is -0.172. The largest absolute Gasteiger partial charge is 0.376 e. The monoisotopic (exact) mass is 354 g/mol. The Labute approximate surface area is 150 Å². The van der Waals surface area contributed by atoms with Crippen LogP contribution < -0.4 is 5.32 Å². The van der Waals surface area contributed by atoms with Gasteiger partial charge in [-0.3, -0.25) is 4.79 Å². The predicted molar refractivity (Wildman–Crippen MR) is 92.5 cm³/mol. The van der Waals surface area contributed by atoms with E-state index in [1.807, 2.05) is 11.0 Å². The third kappa shape index (κ3) is 2.46. The number of likely N-dealkylation sites (tertiary alicyclic amines) is 1. The number of rotatable bonds is 3. The minimum atomic E-state index is -0.204. The van der Waals surface area contributed by atoms with E-state index in [-0.39, 0.29) is 23.3 Å². The zero-order valence-corrected chi connectivity index (χ0v) is 14.2. The molecule has 2 saturated heterocycles. The Balaban J connectivity index is 1.24. The molecule has 2 aliphatic heterocycles. The quantitative estimate of drug-likeness (QED) is 0.911. The summed E-state index contributed by atoms with van der Waals surface area (Å²) in [5.41, 5.74) is 2.60. The molecule has 26 heavy (non-hydrogen) atoms. The zero-order valence-electron chi connectivity index (χ0n) is 14.2. The highest BCUT2D eigenvalue weighted by atomic mass is 19.1. The molecule has 5 rings (SSSR count). The number of hydrogen-bond acceptors (Lipinski definition) is 5. The number of aromatic nitrogens is 2. The molecular formula is C19H19FN4O2. The van der Waals surface area contributed by atoms with Gasteiger partial charge in [0, 0.05) is 25.0 Å². The van der Waals surface area contributed by atoms with Crippen LogP contribution in [0.1, 0.15) is 27.9 Å². The van der Waals surface area contributed by atoms with E-state index in [4.69, 9.17) is 4.74 Å². The van der Waals surface area contributed by atoms with Gasteiger partial charge in [-0.25, -0.2) is 14.4 Å². The molecule has 3 aliphatic rings. The number of hydrogen-bond donors (Lipinski definition) is 1. The highest BCUT2D eigenvalue weighted by molar-refractivity contribution is 5.95. The van der Waals surface area contributed by atoms with Crippen molar-refractivity contribution < 1.29 is 13.9 Å². The molecule has 1 N–H and O–H groups in total. The van der Waals surface area contributed by atoms with Crippen molar-refractivity contribution in [1.29, 1.82) is 0 Å². The first-order valence-electron chi connectivity index (χ1n) is 8.89. The number of carbonyl (C=O) groups excluding carboxylic acids is 1. The van der Waals surface area contributed by atoms with Gasteiger partial charge in [-0.2, -0.15) is 0 Å². The number of anilines is 1. The van der Waals surface area contributed by atoms with Gasteiger partial charge in [-0.15, -0.1) is 0 Å². The minimum Gasteiger partial charge on any atom is -0.376 e. The van der Waals surface area contributed by atoms with Gasteiger partial charge in [0.2, 0.25) is 5.95 Å². The van der Waals surface area contributed by atoms with Crippen molar-refractivity contribution in [3.05, 3.63) is 53.1 Å². The summed E-state index contributed by atoms with van der Waals surface area (Å²) in [6.45, 7) is 2.02. The maximum atomic E-state index is 13.3. The molecule has 2 aromatic rings. The summed E-state index contributed by atoms with van der Waals surface area (Å²) in [5.74, 6) is 0.254. The second-order valence-electron chi connectivity index (χ2n) is 7.38. The SMILES string of the molecule is O=C(c1cnc(NC2Cc3ccc(F)cc3C2)nc1)N1CCC12COC2. The van der Waals surface area contributed by atoms with Crippen LogP contribution in [0.15, 0.2) is 30.6 Å². The molecule has 0 radical (unpaired) electrons. The molecule has 134 valence electrons. The lowest BCUT2D eigenvalue weighted by atomic mass is 9.82. The molecule has 6 nitrogen and oxygen atoms in total. The van der Waals surface area contributed by atoms with Crippen molar-refractivity contribution in [3.63, 3.8) is 0 Å². The van der Waals surface area contributed by atoms with Gasteiger partial charge in [-0.05, 0) is 42.5 Å². The van der Waals surface area contributed by atoms with E-state index >= 15 is 0 Å². The lowest BCUT2D eigenvalue weighted by Crippen LogP contribution is -2.72. The first kappa shape index (κ1) is 15.7. The second-order valence-corrected chi connectivity index (χ2v) is 7.38. The van der Waals surface area contributed by atoms with E-state index in [2.05, 4.69) is 15.3 Å². The molecule has 1 aromatic heterocycles. The van der Waals surface area contributed by atoms with Crippen LogP contribution in [0.25, 0.3) is 0 Å². The highest BCUT2D eigenvalue weighted by Gasteiger charge is 2.53. The minimum absolute atomic E-state index is 0.0325. The fourth-order valence-electron chi connectivity index (χ4n) is 4.03. The molecule has 7 heteroatoms. The Morgan fingerprint density at radius 1 is 1.23 bits per heavy atom. The third-order valence-electron chi connectivity index (χ3n) is 5.69. The van der Waals surface area contributed by atoms with Gasteiger partial charge >= 0.3 is 0 Å². The van der Waals surface area contributed by atoms with E-state index in [9.17, 15) is 9.18 Å². The number of amides is 1. The fraction of sp³-hybridized carbons (Fsp3) is 0.421. The average molecular weight is 354 g/mol. The van der Waals surface area contributed by atoms with E-state index in [0.29, 0.717) is 24.7 Å². The molecule has 1 spiro atoms. The van der Waals surface area contributed by atoms with Gasteiger partial charge in [0.15, 0.2) is 0 Å². The third-order valence-corrected chi connectivity index (χ3v) is 5.69. The Bertz CT molecular complexity index is 861. The lowest BCUT2D eigenvalue weighted by Gasteiger charge is -2.57. The Morgan fingerprint density at radius 2 is 2.00 bits per heavy atom. The maximum absolute atomic E-state index is 13.3. The summed E-state index contributed by atoms with van der Waals surface area (Å²) in [4.78, 5) is 23.1. The highest BCUT2D eigenvalue weighted by Crippen LogP contribution is 2.38. The summed E-state index contributed by atoms with van der Waals surface area (Å²) >= 11 is 0. The summed E-state index contributed by atoms with van der Waals surface area (Å²) in [6.07, 6.45) is 5.71.